The molecule has 21 heavy (non-hydrogen) atoms. The molecule has 2 fully saturated rings. The molecule has 0 spiro atoms. The predicted molar refractivity (Wildman–Crippen MR) is 80.0 cm³/mol. The van der Waals surface area contributed by atoms with Crippen LogP contribution in [0.5, 0.6) is 6.01 Å². The first-order chi connectivity index (χ1) is 10.3. The van der Waals surface area contributed by atoms with Crippen molar-refractivity contribution >= 4 is 11.9 Å². The number of hydrogen-bond donors (Lipinski definition) is 3. The highest BCUT2D eigenvalue weighted by molar-refractivity contribution is 5.36. The van der Waals surface area contributed by atoms with Gasteiger partial charge in [-0.3, -0.25) is 10.3 Å². The molecule has 0 bridgehead atoms. The third kappa shape index (κ3) is 3.70. The molecule has 0 radical (unpaired) electrons. The minimum absolute atomic E-state index is 0.305. The SMILES string of the molecule is CCCOc1nc(NN)nc(NC2CCN(C3CC3)C2)n1. The summed E-state index contributed by atoms with van der Waals surface area (Å²) in [6, 6.07) is 1.48. The van der Waals surface area contributed by atoms with E-state index in [4.69, 9.17) is 10.6 Å². The van der Waals surface area contributed by atoms with Gasteiger partial charge in [0.25, 0.3) is 0 Å². The van der Waals surface area contributed by atoms with Crippen LogP contribution in [0.2, 0.25) is 0 Å². The number of ether oxygens (including phenoxy) is 1. The number of nitrogens with zero attached hydrogens (tertiary/aromatic N) is 4. The molecule has 3 rings (SSSR count). The topological polar surface area (TPSA) is 101 Å². The number of aromatic nitrogens is 3. The summed E-state index contributed by atoms with van der Waals surface area (Å²) in [4.78, 5) is 15.2. The maximum atomic E-state index is 5.46. The summed E-state index contributed by atoms with van der Waals surface area (Å²) in [7, 11) is 0. The third-order valence-electron chi connectivity index (χ3n) is 3.80. The van der Waals surface area contributed by atoms with Crippen LogP contribution in [-0.4, -0.2) is 51.6 Å². The largest absolute Gasteiger partial charge is 0.463 e. The Morgan fingerprint density at radius 3 is 2.76 bits per heavy atom. The van der Waals surface area contributed by atoms with Gasteiger partial charge in [0, 0.05) is 25.2 Å². The Hall–Kier alpha value is -1.67. The number of anilines is 2. The van der Waals surface area contributed by atoms with Crippen molar-refractivity contribution < 1.29 is 4.74 Å². The molecule has 1 aliphatic carbocycles. The summed E-state index contributed by atoms with van der Waals surface area (Å²) in [5, 5.41) is 3.37. The first kappa shape index (κ1) is 14.3. The van der Waals surface area contributed by atoms with E-state index in [1.165, 1.54) is 12.8 Å². The highest BCUT2D eigenvalue weighted by Crippen LogP contribution is 2.30. The Morgan fingerprint density at radius 1 is 1.24 bits per heavy atom. The first-order valence-corrected chi connectivity index (χ1v) is 7.64. The molecule has 0 aromatic carbocycles. The molecule has 1 aliphatic heterocycles. The lowest BCUT2D eigenvalue weighted by Gasteiger charge is -2.16. The van der Waals surface area contributed by atoms with Gasteiger partial charge in [0.2, 0.25) is 11.9 Å². The second kappa shape index (κ2) is 6.40. The van der Waals surface area contributed by atoms with E-state index in [-0.39, 0.29) is 0 Å². The van der Waals surface area contributed by atoms with Gasteiger partial charge in [0.15, 0.2) is 0 Å². The lowest BCUT2D eigenvalue weighted by Crippen LogP contribution is -2.28. The molecule has 1 aromatic heterocycles. The monoisotopic (exact) mass is 293 g/mol. The van der Waals surface area contributed by atoms with Gasteiger partial charge in [-0.2, -0.15) is 15.0 Å². The molecule has 2 aliphatic rings. The highest BCUT2D eigenvalue weighted by atomic mass is 16.5. The van der Waals surface area contributed by atoms with Crippen molar-refractivity contribution in [2.24, 2.45) is 5.84 Å². The Bertz CT molecular complexity index is 480. The van der Waals surface area contributed by atoms with Gasteiger partial charge in [-0.15, -0.1) is 0 Å². The Morgan fingerprint density at radius 2 is 2.05 bits per heavy atom. The van der Waals surface area contributed by atoms with Crippen LogP contribution >= 0.6 is 0 Å². The summed E-state index contributed by atoms with van der Waals surface area (Å²) in [5.41, 5.74) is 2.45. The van der Waals surface area contributed by atoms with Crippen LogP contribution < -0.4 is 21.3 Å². The van der Waals surface area contributed by atoms with Crippen molar-refractivity contribution in [3.63, 3.8) is 0 Å². The van der Waals surface area contributed by atoms with Crippen LogP contribution in [0, 0.1) is 0 Å². The molecule has 8 heteroatoms. The standard InChI is InChI=1S/C13H23N7O/c1-2-7-21-13-17-11(16-12(18-13)19-14)15-9-5-6-20(8-9)10-3-4-10/h9-10H,2-8,14H2,1H3,(H2,15,16,17,18,19). The fraction of sp³-hybridized carbons (Fsp3) is 0.769. The van der Waals surface area contributed by atoms with Crippen molar-refractivity contribution in [1.29, 1.82) is 0 Å². The molecule has 1 atom stereocenters. The van der Waals surface area contributed by atoms with Gasteiger partial charge in [0.05, 0.1) is 6.61 Å². The first-order valence-electron chi connectivity index (χ1n) is 7.64. The average molecular weight is 293 g/mol. The summed E-state index contributed by atoms with van der Waals surface area (Å²) in [6.45, 7) is 4.81. The van der Waals surface area contributed by atoms with Crippen LogP contribution in [0.25, 0.3) is 0 Å². The molecule has 8 nitrogen and oxygen atoms in total. The number of nitrogen functional groups attached to an aromatic ring is 1. The summed E-state index contributed by atoms with van der Waals surface area (Å²) in [5.74, 6) is 6.24. The Balaban J connectivity index is 1.63. The average Bonchev–Trinajstić information content (AvgIpc) is 3.25. The van der Waals surface area contributed by atoms with E-state index in [2.05, 4.69) is 30.6 Å². The molecule has 2 heterocycles. The van der Waals surface area contributed by atoms with E-state index >= 15 is 0 Å². The number of hydrazine groups is 1. The predicted octanol–water partition coefficient (Wildman–Crippen LogP) is 0.595. The number of nitrogens with two attached hydrogens (primary N) is 1. The normalized spacial score (nSPS) is 22.3. The summed E-state index contributed by atoms with van der Waals surface area (Å²) < 4.78 is 5.46. The highest BCUT2D eigenvalue weighted by Gasteiger charge is 2.34. The van der Waals surface area contributed by atoms with Gasteiger partial charge in [-0.1, -0.05) is 6.92 Å². The molecule has 116 valence electrons. The Kier molecular flexibility index (Phi) is 4.35. The molecule has 1 aromatic rings. The fourth-order valence-electron chi connectivity index (χ4n) is 2.60. The van der Waals surface area contributed by atoms with Crippen molar-refractivity contribution in [2.45, 2.75) is 44.7 Å². The lowest BCUT2D eigenvalue weighted by molar-refractivity contribution is 0.292. The second-order valence-electron chi connectivity index (χ2n) is 5.61. The molecule has 1 saturated carbocycles. The van der Waals surface area contributed by atoms with Crippen molar-refractivity contribution in [2.75, 3.05) is 30.4 Å². The number of likely N-dealkylation sites (tertiary alicyclic amines) is 1. The van der Waals surface area contributed by atoms with E-state index in [0.717, 1.165) is 32.0 Å². The van der Waals surface area contributed by atoms with Crippen LogP contribution in [0.1, 0.15) is 32.6 Å². The maximum absolute atomic E-state index is 5.46. The molecule has 0 amide bonds. The van der Waals surface area contributed by atoms with E-state index in [1.54, 1.807) is 0 Å². The zero-order valence-corrected chi connectivity index (χ0v) is 12.4. The zero-order valence-electron chi connectivity index (χ0n) is 12.4. The van der Waals surface area contributed by atoms with Gasteiger partial charge in [-0.25, -0.2) is 5.84 Å². The van der Waals surface area contributed by atoms with Crippen LogP contribution in [0.3, 0.4) is 0 Å². The van der Waals surface area contributed by atoms with Gasteiger partial charge >= 0.3 is 6.01 Å². The van der Waals surface area contributed by atoms with Gasteiger partial charge < -0.3 is 10.1 Å². The molecule has 1 unspecified atom stereocenters. The van der Waals surface area contributed by atoms with Crippen LogP contribution in [-0.2, 0) is 0 Å². The van der Waals surface area contributed by atoms with Crippen molar-refractivity contribution in [1.82, 2.24) is 19.9 Å². The maximum Gasteiger partial charge on any atom is 0.323 e. The lowest BCUT2D eigenvalue weighted by atomic mass is 10.3. The molecular weight excluding hydrogens is 270 g/mol. The second-order valence-corrected chi connectivity index (χ2v) is 5.61. The van der Waals surface area contributed by atoms with E-state index in [1.807, 2.05) is 6.92 Å². The molecule has 1 saturated heterocycles. The minimum atomic E-state index is 0.305. The molecule has 4 N–H and O–H groups in total. The zero-order chi connectivity index (χ0) is 14.7. The number of rotatable bonds is 7. The summed E-state index contributed by atoms with van der Waals surface area (Å²) in [6.07, 6.45) is 4.70. The van der Waals surface area contributed by atoms with Gasteiger partial charge in [0.1, 0.15) is 0 Å². The van der Waals surface area contributed by atoms with Gasteiger partial charge in [-0.05, 0) is 25.7 Å². The smallest absolute Gasteiger partial charge is 0.323 e. The quantitative estimate of drug-likeness (QED) is 0.496. The van der Waals surface area contributed by atoms with Crippen molar-refractivity contribution in [3.05, 3.63) is 0 Å². The number of nitrogens with one attached hydrogen (secondary N) is 2. The summed E-state index contributed by atoms with van der Waals surface area (Å²) >= 11 is 0. The third-order valence-corrected chi connectivity index (χ3v) is 3.80. The Labute approximate surface area is 124 Å². The minimum Gasteiger partial charge on any atom is -0.463 e. The molecular formula is C13H23N7O. The fourth-order valence-corrected chi connectivity index (χ4v) is 2.60. The van der Waals surface area contributed by atoms with Crippen LogP contribution in [0.15, 0.2) is 0 Å². The van der Waals surface area contributed by atoms with E-state index in [9.17, 15) is 0 Å². The van der Waals surface area contributed by atoms with Crippen LogP contribution in [0.4, 0.5) is 11.9 Å². The number of hydrogen-bond acceptors (Lipinski definition) is 8. The van der Waals surface area contributed by atoms with E-state index in [0.29, 0.717) is 30.6 Å². The van der Waals surface area contributed by atoms with Crippen molar-refractivity contribution in [3.8, 4) is 6.01 Å². The van der Waals surface area contributed by atoms with E-state index < -0.39 is 0 Å².